The maximum Gasteiger partial charge on any atom is 0.144 e. The summed E-state index contributed by atoms with van der Waals surface area (Å²) in [5.74, 6) is 0.665. The molecule has 3 aromatic carbocycles. The molecule has 0 spiro atoms. The van der Waals surface area contributed by atoms with Crippen LogP contribution in [0.4, 0.5) is 0 Å². The number of para-hydroxylation sites is 2. The molecule has 29 heavy (non-hydrogen) atoms. The highest BCUT2D eigenvalue weighted by molar-refractivity contribution is 6.09. The van der Waals surface area contributed by atoms with Crippen molar-refractivity contribution >= 4 is 21.9 Å². The molecule has 0 unspecified atom stereocenters. The zero-order chi connectivity index (χ0) is 19.8. The highest BCUT2D eigenvalue weighted by atomic mass is 16.3. The van der Waals surface area contributed by atoms with Gasteiger partial charge in [0.25, 0.3) is 0 Å². The van der Waals surface area contributed by atoms with Gasteiger partial charge in [0, 0.05) is 22.5 Å². The second-order valence-corrected chi connectivity index (χ2v) is 8.01. The van der Waals surface area contributed by atoms with Gasteiger partial charge in [-0.25, -0.2) is 0 Å². The molecular weight excluding hydrogens is 354 g/mol. The highest BCUT2D eigenvalue weighted by Crippen LogP contribution is 2.35. The molecule has 0 aliphatic heterocycles. The van der Waals surface area contributed by atoms with E-state index >= 15 is 0 Å². The van der Waals surface area contributed by atoms with Crippen molar-refractivity contribution in [1.29, 1.82) is 0 Å². The van der Waals surface area contributed by atoms with Gasteiger partial charge in [0.15, 0.2) is 0 Å². The van der Waals surface area contributed by atoms with Crippen molar-refractivity contribution in [3.63, 3.8) is 0 Å². The summed E-state index contributed by atoms with van der Waals surface area (Å²) < 4.78 is 6.20. The number of nitrogens with zero attached hydrogens (tertiary/aromatic N) is 1. The molecule has 0 saturated carbocycles. The van der Waals surface area contributed by atoms with Gasteiger partial charge in [0.05, 0.1) is 5.69 Å². The first-order valence-corrected chi connectivity index (χ1v) is 10.1. The van der Waals surface area contributed by atoms with Crippen LogP contribution in [0.25, 0.3) is 44.3 Å². The maximum atomic E-state index is 6.20. The molecule has 0 aliphatic carbocycles. The van der Waals surface area contributed by atoms with Gasteiger partial charge in [0.2, 0.25) is 0 Å². The first kappa shape index (κ1) is 17.7. The van der Waals surface area contributed by atoms with E-state index in [2.05, 4.69) is 79.5 Å². The summed E-state index contributed by atoms with van der Waals surface area (Å²) in [5.41, 5.74) is 7.51. The third-order valence-electron chi connectivity index (χ3n) is 5.37. The number of furan rings is 1. The minimum absolute atomic E-state index is 0.665. The van der Waals surface area contributed by atoms with Gasteiger partial charge < -0.3 is 4.42 Å². The smallest absolute Gasteiger partial charge is 0.144 e. The van der Waals surface area contributed by atoms with Crippen LogP contribution in [0.2, 0.25) is 0 Å². The molecule has 0 atom stereocenters. The fraction of sp³-hybridized carbons (Fsp3) is 0.148. The number of benzene rings is 3. The SMILES string of the molecule is CC(C)Cc1ccc(-c2ccnc(-c3cccc4c3oc3ccccc34)c2)cc1. The Morgan fingerprint density at radius 1 is 0.793 bits per heavy atom. The number of pyridine rings is 1. The summed E-state index contributed by atoms with van der Waals surface area (Å²) in [6.45, 7) is 4.50. The van der Waals surface area contributed by atoms with Crippen LogP contribution in [0.1, 0.15) is 19.4 Å². The predicted molar refractivity (Wildman–Crippen MR) is 121 cm³/mol. The van der Waals surface area contributed by atoms with Crippen molar-refractivity contribution < 1.29 is 4.42 Å². The van der Waals surface area contributed by atoms with Crippen LogP contribution in [-0.2, 0) is 6.42 Å². The molecule has 2 heteroatoms. The lowest BCUT2D eigenvalue weighted by Gasteiger charge is -2.08. The molecule has 5 rings (SSSR count). The summed E-state index contributed by atoms with van der Waals surface area (Å²) in [5, 5.41) is 2.27. The average molecular weight is 377 g/mol. The van der Waals surface area contributed by atoms with Gasteiger partial charge in [-0.05, 0) is 53.3 Å². The average Bonchev–Trinajstić information content (AvgIpc) is 3.13. The van der Waals surface area contributed by atoms with Crippen molar-refractivity contribution in [1.82, 2.24) is 4.98 Å². The summed E-state index contributed by atoms with van der Waals surface area (Å²) >= 11 is 0. The first-order chi connectivity index (χ1) is 14.2. The Balaban J connectivity index is 1.58. The van der Waals surface area contributed by atoms with Gasteiger partial charge in [-0.15, -0.1) is 0 Å². The van der Waals surface area contributed by atoms with E-state index in [4.69, 9.17) is 4.42 Å². The Labute approximate surface area is 170 Å². The molecule has 0 bridgehead atoms. The second kappa shape index (κ2) is 7.21. The molecule has 5 aromatic rings. The number of aromatic nitrogens is 1. The Kier molecular flexibility index (Phi) is 4.40. The van der Waals surface area contributed by atoms with Crippen molar-refractivity contribution in [3.05, 3.63) is 90.6 Å². The van der Waals surface area contributed by atoms with E-state index in [1.54, 1.807) is 0 Å². The molecule has 2 heterocycles. The van der Waals surface area contributed by atoms with Gasteiger partial charge in [0.1, 0.15) is 11.2 Å². The van der Waals surface area contributed by atoms with Gasteiger partial charge in [-0.3, -0.25) is 4.98 Å². The van der Waals surface area contributed by atoms with Crippen molar-refractivity contribution in [2.45, 2.75) is 20.3 Å². The molecule has 0 amide bonds. The zero-order valence-corrected chi connectivity index (χ0v) is 16.7. The summed E-state index contributed by atoms with van der Waals surface area (Å²) in [6, 6.07) is 27.5. The van der Waals surface area contributed by atoms with Gasteiger partial charge in [-0.1, -0.05) is 68.4 Å². The molecule has 142 valence electrons. The van der Waals surface area contributed by atoms with E-state index in [0.29, 0.717) is 5.92 Å². The van der Waals surface area contributed by atoms with E-state index in [0.717, 1.165) is 39.6 Å². The molecule has 0 saturated heterocycles. The standard InChI is InChI=1S/C27H23NO/c1-18(2)16-19-10-12-20(13-11-19)21-14-15-28-25(17-21)24-8-5-7-23-22-6-3-4-9-26(22)29-27(23)24/h3-15,17-18H,16H2,1-2H3. The third kappa shape index (κ3) is 3.31. The van der Waals surface area contributed by atoms with Crippen LogP contribution < -0.4 is 0 Å². The van der Waals surface area contributed by atoms with Gasteiger partial charge >= 0.3 is 0 Å². The van der Waals surface area contributed by atoms with Crippen LogP contribution in [0.5, 0.6) is 0 Å². The minimum Gasteiger partial charge on any atom is -0.455 e. The fourth-order valence-corrected chi connectivity index (χ4v) is 4.01. The fourth-order valence-electron chi connectivity index (χ4n) is 4.01. The Morgan fingerprint density at radius 3 is 2.41 bits per heavy atom. The van der Waals surface area contributed by atoms with Crippen LogP contribution >= 0.6 is 0 Å². The molecule has 0 radical (unpaired) electrons. The number of hydrogen-bond acceptors (Lipinski definition) is 2. The first-order valence-electron chi connectivity index (χ1n) is 10.1. The Bertz CT molecular complexity index is 1300. The lowest BCUT2D eigenvalue weighted by molar-refractivity contribution is 0.647. The van der Waals surface area contributed by atoms with Crippen molar-refractivity contribution in [2.24, 2.45) is 5.92 Å². The maximum absolute atomic E-state index is 6.20. The monoisotopic (exact) mass is 377 g/mol. The molecule has 2 aromatic heterocycles. The molecular formula is C27H23NO. The lowest BCUT2D eigenvalue weighted by atomic mass is 9.98. The van der Waals surface area contributed by atoms with E-state index < -0.39 is 0 Å². The summed E-state index contributed by atoms with van der Waals surface area (Å²) in [7, 11) is 0. The number of rotatable bonds is 4. The van der Waals surface area contributed by atoms with Crippen LogP contribution in [0.3, 0.4) is 0 Å². The number of fused-ring (bicyclic) bond motifs is 3. The minimum atomic E-state index is 0.665. The topological polar surface area (TPSA) is 26.0 Å². The Morgan fingerprint density at radius 2 is 1.59 bits per heavy atom. The second-order valence-electron chi connectivity index (χ2n) is 8.01. The van der Waals surface area contributed by atoms with E-state index in [-0.39, 0.29) is 0 Å². The number of hydrogen-bond donors (Lipinski definition) is 0. The van der Waals surface area contributed by atoms with Crippen molar-refractivity contribution in [2.75, 3.05) is 0 Å². The third-order valence-corrected chi connectivity index (χ3v) is 5.37. The van der Waals surface area contributed by atoms with Crippen LogP contribution in [0.15, 0.2) is 89.5 Å². The normalized spacial score (nSPS) is 11.6. The largest absolute Gasteiger partial charge is 0.455 e. The summed E-state index contributed by atoms with van der Waals surface area (Å²) in [6.07, 6.45) is 2.99. The van der Waals surface area contributed by atoms with E-state index in [1.807, 2.05) is 24.4 Å². The zero-order valence-electron chi connectivity index (χ0n) is 16.7. The summed E-state index contributed by atoms with van der Waals surface area (Å²) in [4.78, 5) is 4.65. The molecule has 0 fully saturated rings. The van der Waals surface area contributed by atoms with E-state index in [9.17, 15) is 0 Å². The highest BCUT2D eigenvalue weighted by Gasteiger charge is 2.13. The lowest BCUT2D eigenvalue weighted by Crippen LogP contribution is -1.93. The van der Waals surface area contributed by atoms with Gasteiger partial charge in [-0.2, -0.15) is 0 Å². The van der Waals surface area contributed by atoms with E-state index in [1.165, 1.54) is 16.7 Å². The van der Waals surface area contributed by atoms with Crippen LogP contribution in [0, 0.1) is 5.92 Å². The van der Waals surface area contributed by atoms with Crippen LogP contribution in [-0.4, -0.2) is 4.98 Å². The molecule has 0 N–H and O–H groups in total. The molecule has 0 aliphatic rings. The quantitative estimate of drug-likeness (QED) is 0.324. The molecule has 2 nitrogen and oxygen atoms in total. The Hall–Kier alpha value is -3.39. The predicted octanol–water partition coefficient (Wildman–Crippen LogP) is 7.51. The van der Waals surface area contributed by atoms with Crippen molar-refractivity contribution in [3.8, 4) is 22.4 Å².